The molecule has 17 aromatic rings. The Balaban J connectivity index is 0.944. The number of aromatic nitrogens is 2. The maximum absolute atomic E-state index is 2.57. The Bertz CT molecular complexity index is 5130. The van der Waals surface area contributed by atoms with Gasteiger partial charge in [-0.15, -0.1) is 0 Å². The van der Waals surface area contributed by atoms with E-state index >= 15 is 0 Å². The number of para-hydroxylation sites is 2. The summed E-state index contributed by atoms with van der Waals surface area (Å²) in [5.41, 5.74) is 16.9. The minimum absolute atomic E-state index is 0.0140. The summed E-state index contributed by atoms with van der Waals surface area (Å²) in [4.78, 5) is 5.08. The van der Waals surface area contributed by atoms with E-state index in [9.17, 15) is 0 Å². The van der Waals surface area contributed by atoms with Crippen LogP contribution in [-0.2, 0) is 10.8 Å². The lowest BCUT2D eigenvalue weighted by Crippen LogP contribution is -2.13. The minimum Gasteiger partial charge on any atom is -0.309 e. The number of hydrogen-bond donors (Lipinski definition) is 0. The van der Waals surface area contributed by atoms with Crippen LogP contribution in [0, 0.1) is 0 Å². The molecule has 4 heteroatoms. The summed E-state index contributed by atoms with van der Waals surface area (Å²) in [7, 11) is 0. The lowest BCUT2D eigenvalue weighted by Gasteiger charge is -2.29. The summed E-state index contributed by atoms with van der Waals surface area (Å²) in [5.74, 6) is 0. The first kappa shape index (κ1) is 47.0. The number of nitrogens with zero attached hydrogens (tertiary/aromatic N) is 4. The molecule has 0 fully saturated rings. The number of fused-ring (bicyclic) bond motifs is 18. The third kappa shape index (κ3) is 6.55. The van der Waals surface area contributed by atoms with Crippen molar-refractivity contribution in [3.05, 3.63) is 254 Å². The summed E-state index contributed by atoms with van der Waals surface area (Å²) in [5, 5.41) is 19.8. The van der Waals surface area contributed by atoms with Gasteiger partial charge in [-0.05, 0) is 127 Å². The van der Waals surface area contributed by atoms with Crippen LogP contribution >= 0.6 is 0 Å². The first-order chi connectivity index (χ1) is 40.0. The van der Waals surface area contributed by atoms with Crippen molar-refractivity contribution in [2.75, 3.05) is 9.80 Å². The zero-order chi connectivity index (χ0) is 54.9. The molecule has 0 bridgehead atoms. The summed E-state index contributed by atoms with van der Waals surface area (Å²) >= 11 is 0. The van der Waals surface area contributed by atoms with E-state index in [-0.39, 0.29) is 10.8 Å². The predicted octanol–water partition coefficient (Wildman–Crippen LogP) is 22.1. The Morgan fingerprint density at radius 2 is 0.598 bits per heavy atom. The Hall–Kier alpha value is -9.90. The largest absolute Gasteiger partial charge is 0.309 e. The van der Waals surface area contributed by atoms with Crippen LogP contribution < -0.4 is 9.80 Å². The van der Waals surface area contributed by atoms with Gasteiger partial charge in [0.05, 0.1) is 55.8 Å². The van der Waals surface area contributed by atoms with E-state index in [1.165, 1.54) is 130 Å². The molecule has 0 N–H and O–H groups in total. The van der Waals surface area contributed by atoms with Crippen LogP contribution in [0.5, 0.6) is 0 Å². The van der Waals surface area contributed by atoms with Crippen molar-refractivity contribution < 1.29 is 0 Å². The third-order valence-electron chi connectivity index (χ3n) is 18.2. The van der Waals surface area contributed by atoms with Gasteiger partial charge in [-0.1, -0.05) is 211 Å². The molecule has 0 aliphatic carbocycles. The van der Waals surface area contributed by atoms with Crippen LogP contribution in [0.2, 0.25) is 0 Å². The zero-order valence-electron chi connectivity index (χ0n) is 46.9. The molecule has 0 aliphatic rings. The second-order valence-corrected chi connectivity index (χ2v) is 24.9. The fourth-order valence-electron chi connectivity index (χ4n) is 14.3. The summed E-state index contributed by atoms with van der Waals surface area (Å²) in [6, 6.07) is 91.8. The molecule has 4 aromatic heterocycles. The van der Waals surface area contributed by atoms with E-state index < -0.39 is 0 Å². The average molecular weight is 1050 g/mol. The second kappa shape index (κ2) is 16.8. The molecule has 0 spiro atoms. The molecule has 390 valence electrons. The van der Waals surface area contributed by atoms with Crippen molar-refractivity contribution in [1.82, 2.24) is 8.80 Å². The van der Waals surface area contributed by atoms with Crippen LogP contribution in [0.15, 0.2) is 243 Å². The molecule has 13 aromatic carbocycles. The van der Waals surface area contributed by atoms with E-state index in [4.69, 9.17) is 0 Å². The maximum Gasteiger partial charge on any atom is 0.0641 e. The van der Waals surface area contributed by atoms with Crippen LogP contribution in [-0.4, -0.2) is 8.80 Å². The molecule has 4 nitrogen and oxygen atoms in total. The van der Waals surface area contributed by atoms with Crippen molar-refractivity contribution >= 4 is 153 Å². The van der Waals surface area contributed by atoms with Crippen molar-refractivity contribution in [2.45, 2.75) is 52.4 Å². The topological polar surface area (TPSA) is 15.3 Å². The smallest absolute Gasteiger partial charge is 0.0641 e. The Morgan fingerprint density at radius 1 is 0.256 bits per heavy atom. The Kier molecular flexibility index (Phi) is 9.64. The molecule has 0 unspecified atom stereocenters. The van der Waals surface area contributed by atoms with Gasteiger partial charge in [0.15, 0.2) is 0 Å². The highest BCUT2D eigenvalue weighted by molar-refractivity contribution is 6.33. The van der Waals surface area contributed by atoms with Crippen LogP contribution in [0.1, 0.15) is 52.7 Å². The highest BCUT2D eigenvalue weighted by Gasteiger charge is 2.30. The molecule has 0 aliphatic heterocycles. The van der Waals surface area contributed by atoms with E-state index in [1.807, 2.05) is 0 Å². The molecule has 0 saturated heterocycles. The SMILES string of the molecule is CC(C)(C)c1ccc(N(c2cc3ccccc3c3ccccc23)c2ccc3c4cc5c(cc4n4c6ccccc6c2c34)c2ccc(N(c3ccc(C(C)(C)C)cc3)c3cc4ccccc4c4ccccc34)c3c4ccccc4n5c23)cc1. The molecule has 0 amide bonds. The van der Waals surface area contributed by atoms with Gasteiger partial charge in [-0.3, -0.25) is 0 Å². The molecule has 0 radical (unpaired) electrons. The average Bonchev–Trinajstić information content (AvgIpc) is 2.24. The predicted molar refractivity (Wildman–Crippen MR) is 353 cm³/mol. The molecule has 82 heavy (non-hydrogen) atoms. The lowest BCUT2D eigenvalue weighted by molar-refractivity contribution is 0.590. The number of rotatable bonds is 6. The molecular weight excluding hydrogens is 993 g/mol. The highest BCUT2D eigenvalue weighted by atomic mass is 15.2. The van der Waals surface area contributed by atoms with E-state index in [1.54, 1.807) is 0 Å². The van der Waals surface area contributed by atoms with E-state index in [0.717, 1.165) is 34.1 Å². The van der Waals surface area contributed by atoms with E-state index in [2.05, 4.69) is 303 Å². The molecule has 17 rings (SSSR count). The second-order valence-electron chi connectivity index (χ2n) is 24.9. The first-order valence-corrected chi connectivity index (χ1v) is 28.9. The first-order valence-electron chi connectivity index (χ1n) is 28.9. The van der Waals surface area contributed by atoms with Crippen molar-refractivity contribution in [3.63, 3.8) is 0 Å². The standard InChI is InChI=1S/C78H58N4/c1-77(2,3)49-31-35-51(36-32-49)79(69-43-47-19-7-9-21-53(47)55-23-11-13-25-57(55)69)67-41-39-59-63-45-72-64(46-71(63)81-65-29-17-15-27-61(65)73(67)75(59)81)60-40-42-68(74-62-28-16-18-30-66(62)82(72)76(60)74)80(52-37-33-50(34-38-52)78(4,5)6)70-44-48-20-8-10-22-54(48)56-24-12-14-26-58(56)70/h7-46H,1-6H3. The maximum atomic E-state index is 2.57. The van der Waals surface area contributed by atoms with Crippen molar-refractivity contribution in [3.8, 4) is 0 Å². The Morgan fingerprint density at radius 3 is 0.988 bits per heavy atom. The zero-order valence-corrected chi connectivity index (χ0v) is 46.9. The molecule has 4 heterocycles. The van der Waals surface area contributed by atoms with Gasteiger partial charge >= 0.3 is 0 Å². The summed E-state index contributed by atoms with van der Waals surface area (Å²) < 4.78 is 5.15. The Labute approximate surface area is 475 Å². The fourth-order valence-corrected chi connectivity index (χ4v) is 14.3. The summed E-state index contributed by atoms with van der Waals surface area (Å²) in [6.07, 6.45) is 0. The van der Waals surface area contributed by atoms with Gasteiger partial charge in [0.2, 0.25) is 0 Å². The monoisotopic (exact) mass is 1050 g/mol. The van der Waals surface area contributed by atoms with Crippen LogP contribution in [0.3, 0.4) is 0 Å². The quantitative estimate of drug-likeness (QED) is 0.154. The van der Waals surface area contributed by atoms with Crippen molar-refractivity contribution in [1.29, 1.82) is 0 Å². The number of hydrogen-bond acceptors (Lipinski definition) is 2. The molecule has 0 atom stereocenters. The van der Waals surface area contributed by atoms with Crippen LogP contribution in [0.25, 0.3) is 119 Å². The van der Waals surface area contributed by atoms with Gasteiger partial charge in [-0.2, -0.15) is 0 Å². The van der Waals surface area contributed by atoms with Gasteiger partial charge < -0.3 is 18.6 Å². The number of anilines is 6. The van der Waals surface area contributed by atoms with E-state index in [0.29, 0.717) is 0 Å². The van der Waals surface area contributed by atoms with Crippen LogP contribution in [0.4, 0.5) is 34.1 Å². The molecule has 0 saturated carbocycles. The van der Waals surface area contributed by atoms with Gasteiger partial charge in [0.25, 0.3) is 0 Å². The lowest BCUT2D eigenvalue weighted by atomic mass is 9.87. The molecular formula is C78H58N4. The van der Waals surface area contributed by atoms with Gasteiger partial charge in [0, 0.05) is 65.2 Å². The third-order valence-corrected chi connectivity index (χ3v) is 18.2. The number of benzene rings is 13. The normalized spacial score (nSPS) is 12.8. The van der Waals surface area contributed by atoms with Crippen molar-refractivity contribution in [2.24, 2.45) is 0 Å². The van der Waals surface area contributed by atoms with Gasteiger partial charge in [-0.25, -0.2) is 0 Å². The summed E-state index contributed by atoms with van der Waals surface area (Å²) in [6.45, 7) is 13.8. The fraction of sp³-hybridized carbons (Fsp3) is 0.103. The minimum atomic E-state index is 0.0140. The highest BCUT2D eigenvalue weighted by Crippen LogP contribution is 2.53. The van der Waals surface area contributed by atoms with Gasteiger partial charge in [0.1, 0.15) is 0 Å².